The number of nitro groups is 1. The summed E-state index contributed by atoms with van der Waals surface area (Å²) in [5, 5.41) is 11.0. The maximum atomic E-state index is 13.8. The third-order valence-electron chi connectivity index (χ3n) is 7.45. The molecule has 3 unspecified atom stereocenters. The lowest BCUT2D eigenvalue weighted by molar-refractivity contribution is -0.384. The van der Waals surface area contributed by atoms with E-state index in [1.807, 2.05) is 60.7 Å². The number of rotatable bonds is 8. The monoisotopic (exact) mass is 571 g/mol. The van der Waals surface area contributed by atoms with Crippen molar-refractivity contribution in [3.05, 3.63) is 117 Å². The molecule has 0 radical (unpaired) electrons. The second-order valence-corrected chi connectivity index (χ2v) is 11.0. The van der Waals surface area contributed by atoms with Crippen LogP contribution in [0.1, 0.15) is 30.0 Å². The van der Waals surface area contributed by atoms with Crippen molar-refractivity contribution in [2.45, 2.75) is 42.5 Å². The first-order valence-corrected chi connectivity index (χ1v) is 13.9. The molecule has 3 aliphatic heterocycles. The van der Waals surface area contributed by atoms with Crippen molar-refractivity contribution < 1.29 is 28.8 Å². The molecule has 3 aromatic rings. The van der Waals surface area contributed by atoms with Gasteiger partial charge in [0.2, 0.25) is 0 Å². The number of cyclic esters (lactones) is 1. The number of nitro benzene ring substituents is 1. The molecule has 3 atom stereocenters. The molecule has 3 aliphatic rings. The quantitative estimate of drug-likeness (QED) is 0.157. The van der Waals surface area contributed by atoms with Crippen LogP contribution in [0, 0.1) is 10.1 Å². The summed E-state index contributed by atoms with van der Waals surface area (Å²) in [6.07, 6.45) is 0.536. The number of amides is 2. The van der Waals surface area contributed by atoms with Crippen LogP contribution in [0.15, 0.2) is 100 Å². The van der Waals surface area contributed by atoms with Gasteiger partial charge in [-0.05, 0) is 48.2 Å². The maximum Gasteiger partial charge on any atom is 0.411 e. The van der Waals surface area contributed by atoms with Crippen LogP contribution in [0.4, 0.5) is 10.5 Å². The van der Waals surface area contributed by atoms with Crippen molar-refractivity contribution in [3.8, 4) is 0 Å². The number of benzene rings is 3. The number of ether oxygens (including phenoxy) is 2. The first kappa shape index (κ1) is 26.6. The maximum absolute atomic E-state index is 13.8. The van der Waals surface area contributed by atoms with Crippen LogP contribution >= 0.6 is 11.8 Å². The smallest absolute Gasteiger partial charge is 0.411 e. The number of nitrogens with zero attached hydrogens (tertiary/aromatic N) is 3. The van der Waals surface area contributed by atoms with Gasteiger partial charge in [0.1, 0.15) is 25.0 Å². The molecule has 11 heteroatoms. The summed E-state index contributed by atoms with van der Waals surface area (Å²) in [6, 6.07) is 23.2. The molecular formula is C30H25N3O7S. The van der Waals surface area contributed by atoms with Crippen molar-refractivity contribution >= 4 is 35.4 Å². The van der Waals surface area contributed by atoms with Gasteiger partial charge in [-0.25, -0.2) is 9.59 Å². The Morgan fingerprint density at radius 2 is 1.68 bits per heavy atom. The van der Waals surface area contributed by atoms with Crippen molar-refractivity contribution in [2.75, 3.05) is 6.61 Å². The van der Waals surface area contributed by atoms with Crippen LogP contribution in [0.3, 0.4) is 0 Å². The average molecular weight is 572 g/mol. The van der Waals surface area contributed by atoms with Crippen molar-refractivity contribution in [1.82, 2.24) is 9.80 Å². The molecule has 3 aromatic carbocycles. The van der Waals surface area contributed by atoms with E-state index in [2.05, 4.69) is 0 Å². The molecule has 208 valence electrons. The van der Waals surface area contributed by atoms with Gasteiger partial charge in [0, 0.05) is 21.9 Å². The van der Waals surface area contributed by atoms with Gasteiger partial charge in [-0.3, -0.25) is 24.7 Å². The molecule has 2 amide bonds. The predicted octanol–water partition coefficient (Wildman–Crippen LogP) is 5.21. The summed E-state index contributed by atoms with van der Waals surface area (Å²) in [7, 11) is 0. The average Bonchev–Trinajstić information content (AvgIpc) is 3.37. The minimum absolute atomic E-state index is 0.0640. The SMILES string of the molecule is O=C(OCc1ccc([N+](=O)[O-])cc1)C1=C(Sc2ccccc2)CCC2C(N3C(=O)OCC3c3ccccc3)C(=O)N12. The zero-order chi connectivity index (χ0) is 28.5. The molecular weight excluding hydrogens is 546 g/mol. The minimum atomic E-state index is -0.754. The summed E-state index contributed by atoms with van der Waals surface area (Å²) >= 11 is 1.41. The van der Waals surface area contributed by atoms with Gasteiger partial charge < -0.3 is 9.47 Å². The fourth-order valence-electron chi connectivity index (χ4n) is 5.47. The van der Waals surface area contributed by atoms with Gasteiger partial charge in [0.15, 0.2) is 0 Å². The number of carbonyl (C=O) groups excluding carboxylic acids is 3. The third kappa shape index (κ3) is 5.04. The molecule has 0 aliphatic carbocycles. The molecule has 41 heavy (non-hydrogen) atoms. The Labute approximate surface area is 239 Å². The number of hydrogen-bond donors (Lipinski definition) is 0. The standard InChI is InChI=1S/C30H25N3O7S/c34-28-26(32-24(18-40-30(32)36)20-7-3-1-4-8-20)23-15-16-25(41-22-9-5-2-6-10-22)27(31(23)28)29(35)39-17-19-11-13-21(14-12-19)33(37)38/h1-14,23-24,26H,15-18H2. The molecule has 10 nitrogen and oxygen atoms in total. The Hall–Kier alpha value is -4.64. The molecule has 0 bridgehead atoms. The molecule has 0 spiro atoms. The number of β-lactam (4-membered cyclic amide) rings is 1. The normalized spacial score (nSPS) is 21.7. The Morgan fingerprint density at radius 3 is 2.37 bits per heavy atom. The number of allylic oxidation sites excluding steroid dienone is 1. The van der Waals surface area contributed by atoms with E-state index >= 15 is 0 Å². The van der Waals surface area contributed by atoms with E-state index in [-0.39, 0.29) is 30.5 Å². The van der Waals surface area contributed by atoms with Crippen LogP contribution in [-0.2, 0) is 25.7 Å². The van der Waals surface area contributed by atoms with Gasteiger partial charge in [0.25, 0.3) is 11.6 Å². The summed E-state index contributed by atoms with van der Waals surface area (Å²) in [6.45, 7) is 0.0305. The molecule has 0 N–H and O–H groups in total. The first-order valence-electron chi connectivity index (χ1n) is 13.1. The summed E-state index contributed by atoms with van der Waals surface area (Å²) < 4.78 is 11.0. The number of non-ortho nitro benzene ring substituents is 1. The molecule has 2 fully saturated rings. The van der Waals surface area contributed by atoms with E-state index in [9.17, 15) is 24.5 Å². The van der Waals surface area contributed by atoms with Crippen LogP contribution in [0.25, 0.3) is 0 Å². The largest absolute Gasteiger partial charge is 0.456 e. The van der Waals surface area contributed by atoms with E-state index < -0.39 is 35.1 Å². The van der Waals surface area contributed by atoms with Gasteiger partial charge in [-0.1, -0.05) is 60.3 Å². The molecule has 3 heterocycles. The summed E-state index contributed by atoms with van der Waals surface area (Å²) in [5.74, 6) is -1.02. The molecule has 0 aromatic heterocycles. The number of carbonyl (C=O) groups is 3. The van der Waals surface area contributed by atoms with Crippen LogP contribution in [0.2, 0.25) is 0 Å². The highest BCUT2D eigenvalue weighted by molar-refractivity contribution is 8.03. The first-order chi connectivity index (χ1) is 19.9. The van der Waals surface area contributed by atoms with E-state index in [0.29, 0.717) is 23.3 Å². The number of thioether (sulfide) groups is 1. The lowest BCUT2D eigenvalue weighted by Crippen LogP contribution is -2.72. The van der Waals surface area contributed by atoms with Crippen molar-refractivity contribution in [2.24, 2.45) is 0 Å². The number of fused-ring (bicyclic) bond motifs is 1. The fraction of sp³-hybridized carbons (Fsp3) is 0.233. The number of hydrogen-bond acceptors (Lipinski definition) is 8. The van der Waals surface area contributed by atoms with E-state index in [4.69, 9.17) is 9.47 Å². The van der Waals surface area contributed by atoms with Crippen LogP contribution in [0.5, 0.6) is 0 Å². The topological polar surface area (TPSA) is 119 Å². The van der Waals surface area contributed by atoms with E-state index in [0.717, 1.165) is 10.5 Å². The van der Waals surface area contributed by atoms with Crippen LogP contribution < -0.4 is 0 Å². The Bertz CT molecular complexity index is 1530. The van der Waals surface area contributed by atoms with Gasteiger partial charge >= 0.3 is 12.1 Å². The van der Waals surface area contributed by atoms with Crippen molar-refractivity contribution in [1.29, 1.82) is 0 Å². The van der Waals surface area contributed by atoms with E-state index in [1.165, 1.54) is 45.8 Å². The lowest BCUT2D eigenvalue weighted by Gasteiger charge is -2.53. The Kier molecular flexibility index (Phi) is 7.19. The second-order valence-electron chi connectivity index (χ2n) is 9.86. The zero-order valence-corrected chi connectivity index (χ0v) is 22.6. The minimum Gasteiger partial charge on any atom is -0.456 e. The zero-order valence-electron chi connectivity index (χ0n) is 21.8. The predicted molar refractivity (Wildman–Crippen MR) is 148 cm³/mol. The highest BCUT2D eigenvalue weighted by Gasteiger charge is 2.59. The van der Waals surface area contributed by atoms with Crippen molar-refractivity contribution in [3.63, 3.8) is 0 Å². The summed E-state index contributed by atoms with van der Waals surface area (Å²) in [4.78, 5) is 55.2. The Morgan fingerprint density at radius 1 is 1.00 bits per heavy atom. The Balaban J connectivity index is 1.27. The summed E-state index contributed by atoms with van der Waals surface area (Å²) in [5.41, 5.74) is 1.56. The second kappa shape index (κ2) is 11.1. The van der Waals surface area contributed by atoms with Gasteiger partial charge in [-0.2, -0.15) is 0 Å². The third-order valence-corrected chi connectivity index (χ3v) is 8.60. The highest BCUT2D eigenvalue weighted by Crippen LogP contribution is 2.47. The molecule has 6 rings (SSSR count). The molecule has 2 saturated heterocycles. The fourth-order valence-corrected chi connectivity index (χ4v) is 6.55. The number of esters is 1. The van der Waals surface area contributed by atoms with Gasteiger partial charge in [-0.15, -0.1) is 0 Å². The molecule has 0 saturated carbocycles. The van der Waals surface area contributed by atoms with Crippen LogP contribution in [-0.4, -0.2) is 51.4 Å². The highest BCUT2D eigenvalue weighted by atomic mass is 32.2. The lowest BCUT2D eigenvalue weighted by atomic mass is 9.84. The van der Waals surface area contributed by atoms with Gasteiger partial charge in [0.05, 0.1) is 17.0 Å². The van der Waals surface area contributed by atoms with E-state index in [1.54, 1.807) is 0 Å².